The second kappa shape index (κ2) is 5.51. The topological polar surface area (TPSA) is 38.5 Å². The molecule has 3 nitrogen and oxygen atoms in total. The summed E-state index contributed by atoms with van der Waals surface area (Å²) in [7, 11) is 1.80. The summed E-state index contributed by atoms with van der Waals surface area (Å²) in [6.45, 7) is 4.25. The number of hydrogen-bond acceptors (Lipinski definition) is 3. The van der Waals surface area contributed by atoms with Crippen molar-refractivity contribution in [1.29, 1.82) is 0 Å². The fraction of sp³-hybridized carbons (Fsp3) is 1.00. The van der Waals surface area contributed by atoms with E-state index in [-0.39, 0.29) is 0 Å². The second-order valence-corrected chi connectivity index (χ2v) is 3.44. The van der Waals surface area contributed by atoms with Gasteiger partial charge < -0.3 is 15.4 Å². The molecule has 0 aliphatic carbocycles. The van der Waals surface area contributed by atoms with Gasteiger partial charge in [0.25, 0.3) is 0 Å². The van der Waals surface area contributed by atoms with E-state index in [2.05, 4.69) is 4.90 Å². The van der Waals surface area contributed by atoms with Gasteiger partial charge >= 0.3 is 0 Å². The molecule has 0 spiro atoms. The molecule has 1 rings (SSSR count). The van der Waals surface area contributed by atoms with Crippen LogP contribution in [0.15, 0.2) is 0 Å². The van der Waals surface area contributed by atoms with E-state index in [0.29, 0.717) is 6.10 Å². The van der Waals surface area contributed by atoms with Gasteiger partial charge in [0.1, 0.15) is 0 Å². The van der Waals surface area contributed by atoms with Crippen molar-refractivity contribution in [3.63, 3.8) is 0 Å². The zero-order chi connectivity index (χ0) is 8.81. The monoisotopic (exact) mass is 172 g/mol. The Morgan fingerprint density at radius 2 is 2.42 bits per heavy atom. The summed E-state index contributed by atoms with van der Waals surface area (Å²) in [5.74, 6) is 0. The lowest BCUT2D eigenvalue weighted by atomic mass is 10.1. The molecule has 1 atom stereocenters. The van der Waals surface area contributed by atoms with Gasteiger partial charge in [-0.05, 0) is 38.9 Å². The summed E-state index contributed by atoms with van der Waals surface area (Å²) in [6.07, 6.45) is 4.05. The van der Waals surface area contributed by atoms with Crippen molar-refractivity contribution in [2.45, 2.75) is 25.4 Å². The van der Waals surface area contributed by atoms with E-state index in [1.807, 2.05) is 0 Å². The molecule has 0 saturated carbocycles. The van der Waals surface area contributed by atoms with Gasteiger partial charge in [-0.25, -0.2) is 0 Å². The first kappa shape index (κ1) is 9.96. The Hall–Kier alpha value is -0.120. The third-order valence-electron chi connectivity index (χ3n) is 2.47. The number of ether oxygens (including phenoxy) is 1. The van der Waals surface area contributed by atoms with Crippen molar-refractivity contribution in [2.75, 3.05) is 33.3 Å². The molecule has 0 unspecified atom stereocenters. The molecule has 0 aromatic carbocycles. The lowest BCUT2D eigenvalue weighted by molar-refractivity contribution is 0.0313. The summed E-state index contributed by atoms with van der Waals surface area (Å²) in [6, 6.07) is 0. The van der Waals surface area contributed by atoms with E-state index < -0.39 is 0 Å². The highest BCUT2D eigenvalue weighted by molar-refractivity contribution is 4.72. The molecule has 0 aromatic rings. The quantitative estimate of drug-likeness (QED) is 0.669. The van der Waals surface area contributed by atoms with Gasteiger partial charge in [-0.2, -0.15) is 0 Å². The van der Waals surface area contributed by atoms with Crippen LogP contribution < -0.4 is 5.73 Å². The van der Waals surface area contributed by atoms with Crippen LogP contribution in [0.2, 0.25) is 0 Å². The van der Waals surface area contributed by atoms with Crippen LogP contribution in [0.3, 0.4) is 0 Å². The van der Waals surface area contributed by atoms with Crippen molar-refractivity contribution in [3.05, 3.63) is 0 Å². The average Bonchev–Trinajstić information content (AvgIpc) is 2.15. The van der Waals surface area contributed by atoms with Crippen LogP contribution in [0.1, 0.15) is 19.3 Å². The average molecular weight is 172 g/mol. The first-order valence-corrected chi connectivity index (χ1v) is 4.82. The van der Waals surface area contributed by atoms with E-state index in [1.54, 1.807) is 7.11 Å². The van der Waals surface area contributed by atoms with Gasteiger partial charge in [0, 0.05) is 13.7 Å². The minimum absolute atomic E-state index is 0.455. The molecule has 12 heavy (non-hydrogen) atoms. The molecule has 1 saturated heterocycles. The van der Waals surface area contributed by atoms with Crippen LogP contribution in [0.25, 0.3) is 0 Å². The first-order chi connectivity index (χ1) is 5.86. The van der Waals surface area contributed by atoms with Crippen molar-refractivity contribution in [1.82, 2.24) is 4.90 Å². The molecular weight excluding hydrogens is 152 g/mol. The van der Waals surface area contributed by atoms with E-state index in [4.69, 9.17) is 10.5 Å². The highest BCUT2D eigenvalue weighted by Gasteiger charge is 2.18. The predicted molar refractivity (Wildman–Crippen MR) is 50.1 cm³/mol. The number of likely N-dealkylation sites (tertiary alicyclic amines) is 1. The summed E-state index contributed by atoms with van der Waals surface area (Å²) in [5.41, 5.74) is 5.45. The molecule has 0 radical (unpaired) electrons. The number of nitrogens with two attached hydrogens (primary N) is 1. The second-order valence-electron chi connectivity index (χ2n) is 3.44. The molecule has 2 N–H and O–H groups in total. The SMILES string of the molecule is CO[C@H]1CCCN(CCCN)C1. The Labute approximate surface area is 74.9 Å². The van der Waals surface area contributed by atoms with E-state index in [0.717, 1.165) is 26.1 Å². The molecule has 0 aromatic heterocycles. The zero-order valence-electron chi connectivity index (χ0n) is 7.96. The van der Waals surface area contributed by atoms with E-state index in [1.165, 1.54) is 19.4 Å². The van der Waals surface area contributed by atoms with Crippen molar-refractivity contribution in [3.8, 4) is 0 Å². The van der Waals surface area contributed by atoms with E-state index in [9.17, 15) is 0 Å². The smallest absolute Gasteiger partial charge is 0.0698 e. The molecule has 1 aliphatic heterocycles. The number of rotatable bonds is 4. The number of nitrogens with zero attached hydrogens (tertiary/aromatic N) is 1. The van der Waals surface area contributed by atoms with Gasteiger partial charge in [0.15, 0.2) is 0 Å². The van der Waals surface area contributed by atoms with Crippen LogP contribution >= 0.6 is 0 Å². The molecule has 1 heterocycles. The Morgan fingerprint density at radius 1 is 1.58 bits per heavy atom. The third-order valence-corrected chi connectivity index (χ3v) is 2.47. The van der Waals surface area contributed by atoms with Crippen molar-refractivity contribution < 1.29 is 4.74 Å². The number of piperidine rings is 1. The molecule has 1 aliphatic rings. The zero-order valence-corrected chi connectivity index (χ0v) is 7.96. The molecule has 1 fully saturated rings. The Balaban J connectivity index is 2.16. The Morgan fingerprint density at radius 3 is 3.08 bits per heavy atom. The van der Waals surface area contributed by atoms with Gasteiger partial charge in [-0.3, -0.25) is 0 Å². The highest BCUT2D eigenvalue weighted by atomic mass is 16.5. The summed E-state index contributed by atoms with van der Waals surface area (Å²) < 4.78 is 5.33. The standard InChI is InChI=1S/C9H20N2O/c1-12-9-4-2-6-11(8-9)7-3-5-10/h9H,2-8,10H2,1H3/t9-/m0/s1. The summed E-state index contributed by atoms with van der Waals surface area (Å²) in [5, 5.41) is 0. The maximum atomic E-state index is 5.45. The minimum Gasteiger partial charge on any atom is -0.380 e. The fourth-order valence-electron chi connectivity index (χ4n) is 1.72. The largest absolute Gasteiger partial charge is 0.380 e. The van der Waals surface area contributed by atoms with Gasteiger partial charge in [-0.1, -0.05) is 0 Å². The Kier molecular flexibility index (Phi) is 4.58. The van der Waals surface area contributed by atoms with Crippen LogP contribution in [0, 0.1) is 0 Å². The number of methoxy groups -OCH3 is 1. The maximum absolute atomic E-state index is 5.45. The predicted octanol–water partition coefficient (Wildman–Crippen LogP) is 0.446. The normalized spacial score (nSPS) is 26.0. The van der Waals surface area contributed by atoms with Gasteiger partial charge in [0.05, 0.1) is 6.10 Å². The lowest BCUT2D eigenvalue weighted by Crippen LogP contribution is -2.40. The van der Waals surface area contributed by atoms with Gasteiger partial charge in [0.2, 0.25) is 0 Å². The summed E-state index contributed by atoms with van der Waals surface area (Å²) in [4.78, 5) is 2.45. The van der Waals surface area contributed by atoms with Crippen molar-refractivity contribution in [2.24, 2.45) is 5.73 Å². The molecule has 72 valence electrons. The van der Waals surface area contributed by atoms with Crippen LogP contribution in [-0.4, -0.2) is 44.3 Å². The van der Waals surface area contributed by atoms with Crippen LogP contribution in [-0.2, 0) is 4.74 Å². The lowest BCUT2D eigenvalue weighted by Gasteiger charge is -2.31. The van der Waals surface area contributed by atoms with Crippen LogP contribution in [0.5, 0.6) is 0 Å². The van der Waals surface area contributed by atoms with E-state index >= 15 is 0 Å². The first-order valence-electron chi connectivity index (χ1n) is 4.82. The maximum Gasteiger partial charge on any atom is 0.0698 e. The third kappa shape index (κ3) is 3.09. The van der Waals surface area contributed by atoms with Crippen LogP contribution in [0.4, 0.5) is 0 Å². The van der Waals surface area contributed by atoms with Gasteiger partial charge in [-0.15, -0.1) is 0 Å². The molecule has 3 heteroatoms. The molecular formula is C9H20N2O. The minimum atomic E-state index is 0.455. The van der Waals surface area contributed by atoms with Crippen molar-refractivity contribution >= 4 is 0 Å². The molecule has 0 amide bonds. The summed E-state index contributed by atoms with van der Waals surface area (Å²) >= 11 is 0. The number of hydrogen-bond donors (Lipinski definition) is 1. The fourth-order valence-corrected chi connectivity index (χ4v) is 1.72. The molecule has 0 bridgehead atoms. The highest BCUT2D eigenvalue weighted by Crippen LogP contribution is 2.12. The Bertz CT molecular complexity index is 119.